The fraction of sp³-hybridized carbons (Fsp3) is 0.150. The summed E-state index contributed by atoms with van der Waals surface area (Å²) in [6.07, 6.45) is -2.83. The van der Waals surface area contributed by atoms with Crippen LogP contribution in [0.15, 0.2) is 46.6 Å². The molecular weight excluding hydrogens is 370 g/mol. The van der Waals surface area contributed by atoms with Crippen molar-refractivity contribution in [2.75, 3.05) is 0 Å². The lowest BCUT2D eigenvalue weighted by Gasteiger charge is -2.15. The quantitative estimate of drug-likeness (QED) is 0.460. The van der Waals surface area contributed by atoms with E-state index in [0.29, 0.717) is 26.6 Å². The zero-order valence-corrected chi connectivity index (χ0v) is 15.1. The number of nitrogens with two attached hydrogens (primary N) is 1. The molecular formula is C20H16F2N2O2S. The van der Waals surface area contributed by atoms with Crippen LogP contribution >= 0.6 is 11.3 Å². The molecule has 0 spiro atoms. The van der Waals surface area contributed by atoms with Crippen molar-refractivity contribution in [1.29, 1.82) is 0 Å². The first-order chi connectivity index (χ1) is 12.9. The summed E-state index contributed by atoms with van der Waals surface area (Å²) in [7, 11) is 0. The van der Waals surface area contributed by atoms with Gasteiger partial charge in [0.1, 0.15) is 10.4 Å². The number of benzene rings is 2. The van der Waals surface area contributed by atoms with Crippen molar-refractivity contribution < 1.29 is 13.9 Å². The van der Waals surface area contributed by atoms with Crippen molar-refractivity contribution >= 4 is 32.3 Å². The van der Waals surface area contributed by atoms with Gasteiger partial charge in [-0.2, -0.15) is 0 Å². The molecule has 0 bridgehead atoms. The Morgan fingerprint density at radius 2 is 1.89 bits per heavy atom. The number of H-pyrrole nitrogens is 1. The number of phenolic OH excluding ortho intramolecular Hbond substituents is 1. The number of pyridine rings is 1. The van der Waals surface area contributed by atoms with E-state index in [0.717, 1.165) is 11.6 Å². The third-order valence-corrected chi connectivity index (χ3v) is 5.59. The zero-order chi connectivity index (χ0) is 19.3. The monoisotopic (exact) mass is 386 g/mol. The second-order valence-electron chi connectivity index (χ2n) is 6.44. The molecule has 4 aromatic rings. The van der Waals surface area contributed by atoms with Crippen molar-refractivity contribution in [3.8, 4) is 16.9 Å². The van der Waals surface area contributed by atoms with E-state index in [-0.39, 0.29) is 17.3 Å². The molecule has 1 atom stereocenters. The van der Waals surface area contributed by atoms with Crippen LogP contribution in [0.2, 0.25) is 0 Å². The summed E-state index contributed by atoms with van der Waals surface area (Å²) in [6.45, 7) is 1.86. The van der Waals surface area contributed by atoms with Crippen LogP contribution in [0.4, 0.5) is 8.78 Å². The second-order valence-corrected chi connectivity index (χ2v) is 7.35. The van der Waals surface area contributed by atoms with Gasteiger partial charge in [0, 0.05) is 27.9 Å². The number of rotatable bonds is 3. The summed E-state index contributed by atoms with van der Waals surface area (Å²) in [5.41, 5.74) is 7.09. The van der Waals surface area contributed by atoms with Gasteiger partial charge in [0.15, 0.2) is 0 Å². The predicted molar refractivity (Wildman–Crippen MR) is 105 cm³/mol. The molecule has 2 aromatic heterocycles. The maximum Gasteiger partial charge on any atom is 0.266 e. The number of phenols is 1. The van der Waals surface area contributed by atoms with E-state index in [2.05, 4.69) is 4.98 Å². The maximum absolute atomic E-state index is 13.6. The standard InChI is InChI=1S/C20H16F2N2O2S/c1-9(23)10-2-4-11(5-3-10)15-14(25)8-13(19(21)22)17-16(15)12-6-7-27-18(12)20(26)24-17/h2-9,19,25H,23H2,1H3,(H,24,26)/t9-/m1/s1. The number of aromatic amines is 1. The Morgan fingerprint density at radius 3 is 2.52 bits per heavy atom. The summed E-state index contributed by atoms with van der Waals surface area (Å²) >= 11 is 1.23. The molecule has 0 fully saturated rings. The van der Waals surface area contributed by atoms with E-state index < -0.39 is 17.5 Å². The molecule has 2 heterocycles. The number of thiophene rings is 1. The Kier molecular flexibility index (Phi) is 4.20. The highest BCUT2D eigenvalue weighted by Crippen LogP contribution is 2.43. The zero-order valence-electron chi connectivity index (χ0n) is 14.3. The Hall–Kier alpha value is -2.77. The van der Waals surface area contributed by atoms with Crippen LogP contribution in [0.5, 0.6) is 5.75 Å². The van der Waals surface area contributed by atoms with Gasteiger partial charge in [-0.05, 0) is 35.6 Å². The molecule has 0 amide bonds. The van der Waals surface area contributed by atoms with Crippen LogP contribution in [0.1, 0.15) is 30.5 Å². The Labute approximate surface area is 156 Å². The lowest BCUT2D eigenvalue weighted by Crippen LogP contribution is -2.07. The third kappa shape index (κ3) is 2.79. The third-order valence-electron chi connectivity index (χ3n) is 4.68. The van der Waals surface area contributed by atoms with Gasteiger partial charge < -0.3 is 15.8 Å². The normalized spacial score (nSPS) is 12.9. The fourth-order valence-electron chi connectivity index (χ4n) is 3.36. The van der Waals surface area contributed by atoms with Crippen molar-refractivity contribution in [3.63, 3.8) is 0 Å². The molecule has 4 N–H and O–H groups in total. The van der Waals surface area contributed by atoms with Crippen LogP contribution < -0.4 is 11.3 Å². The molecule has 7 heteroatoms. The number of nitrogens with one attached hydrogen (secondary N) is 1. The van der Waals surface area contributed by atoms with E-state index in [1.807, 2.05) is 19.1 Å². The first-order valence-corrected chi connectivity index (χ1v) is 9.19. The number of aromatic nitrogens is 1. The van der Waals surface area contributed by atoms with Crippen molar-refractivity contribution in [1.82, 2.24) is 4.98 Å². The van der Waals surface area contributed by atoms with Gasteiger partial charge in [-0.1, -0.05) is 24.3 Å². The van der Waals surface area contributed by atoms with Crippen LogP contribution in [0, 0.1) is 0 Å². The highest BCUT2D eigenvalue weighted by Gasteiger charge is 2.22. The van der Waals surface area contributed by atoms with Crippen molar-refractivity contribution in [2.24, 2.45) is 5.73 Å². The van der Waals surface area contributed by atoms with Gasteiger partial charge in [-0.25, -0.2) is 8.78 Å². The van der Waals surface area contributed by atoms with Crippen LogP contribution in [-0.2, 0) is 0 Å². The van der Waals surface area contributed by atoms with E-state index >= 15 is 0 Å². The van der Waals surface area contributed by atoms with Crippen LogP contribution in [-0.4, -0.2) is 10.1 Å². The SMILES string of the molecule is C[C@@H](N)c1ccc(-c2c(O)cc(C(F)F)c3[nH]c(=O)c4sccc4c23)cc1. The molecule has 0 aliphatic heterocycles. The van der Waals surface area contributed by atoms with Gasteiger partial charge in [0.05, 0.1) is 5.52 Å². The topological polar surface area (TPSA) is 79.1 Å². The summed E-state index contributed by atoms with van der Waals surface area (Å²) in [5.74, 6) is -0.258. The smallest absolute Gasteiger partial charge is 0.266 e. The van der Waals surface area contributed by atoms with E-state index in [1.165, 1.54) is 11.3 Å². The number of alkyl halides is 2. The molecule has 0 aliphatic rings. The molecule has 4 rings (SSSR count). The van der Waals surface area contributed by atoms with E-state index in [4.69, 9.17) is 5.73 Å². The van der Waals surface area contributed by atoms with Gasteiger partial charge in [-0.15, -0.1) is 11.3 Å². The summed E-state index contributed by atoms with van der Waals surface area (Å²) in [5, 5.41) is 13.3. The van der Waals surface area contributed by atoms with E-state index in [1.54, 1.807) is 23.6 Å². The summed E-state index contributed by atoms with van der Waals surface area (Å²) in [6, 6.07) is 9.84. The number of hydrogen-bond acceptors (Lipinski definition) is 4. The average Bonchev–Trinajstić information content (AvgIpc) is 3.12. The van der Waals surface area contributed by atoms with Gasteiger partial charge in [0.2, 0.25) is 0 Å². The summed E-state index contributed by atoms with van der Waals surface area (Å²) in [4.78, 5) is 14.9. The molecule has 0 radical (unpaired) electrons. The largest absolute Gasteiger partial charge is 0.507 e. The second kappa shape index (κ2) is 6.44. The number of fused-ring (bicyclic) bond motifs is 3. The number of aromatic hydroxyl groups is 1. The fourth-order valence-corrected chi connectivity index (χ4v) is 4.16. The molecule has 27 heavy (non-hydrogen) atoms. The maximum atomic E-state index is 13.6. The first-order valence-electron chi connectivity index (χ1n) is 8.31. The van der Waals surface area contributed by atoms with Gasteiger partial charge >= 0.3 is 0 Å². The lowest BCUT2D eigenvalue weighted by molar-refractivity contribution is 0.152. The molecule has 0 saturated heterocycles. The molecule has 0 unspecified atom stereocenters. The van der Waals surface area contributed by atoms with Gasteiger partial charge in [-0.3, -0.25) is 4.79 Å². The van der Waals surface area contributed by atoms with Crippen molar-refractivity contribution in [2.45, 2.75) is 19.4 Å². The number of halogens is 2. The number of hydrogen-bond donors (Lipinski definition) is 3. The Morgan fingerprint density at radius 1 is 1.19 bits per heavy atom. The molecule has 2 aromatic carbocycles. The molecule has 0 saturated carbocycles. The Bertz CT molecular complexity index is 1210. The first kappa shape index (κ1) is 17.6. The minimum atomic E-state index is -2.83. The highest BCUT2D eigenvalue weighted by atomic mass is 32.1. The van der Waals surface area contributed by atoms with Crippen LogP contribution in [0.25, 0.3) is 32.1 Å². The summed E-state index contributed by atoms with van der Waals surface area (Å²) < 4.78 is 27.6. The predicted octanol–water partition coefficient (Wildman–Crippen LogP) is 5.07. The average molecular weight is 386 g/mol. The minimum absolute atomic E-state index is 0.0463. The van der Waals surface area contributed by atoms with Crippen molar-refractivity contribution in [3.05, 3.63) is 63.3 Å². The van der Waals surface area contributed by atoms with Crippen LogP contribution in [0.3, 0.4) is 0 Å². The lowest BCUT2D eigenvalue weighted by atomic mass is 9.93. The van der Waals surface area contributed by atoms with Gasteiger partial charge in [0.25, 0.3) is 12.0 Å². The minimum Gasteiger partial charge on any atom is -0.507 e. The highest BCUT2D eigenvalue weighted by molar-refractivity contribution is 7.17. The molecule has 4 nitrogen and oxygen atoms in total. The molecule has 0 aliphatic carbocycles. The Balaban J connectivity index is 2.14. The molecule has 138 valence electrons. The van der Waals surface area contributed by atoms with E-state index in [9.17, 15) is 18.7 Å².